The van der Waals surface area contributed by atoms with Gasteiger partial charge in [-0.3, -0.25) is 9.52 Å². The molecule has 1 N–H and O–H groups in total. The molecule has 0 unspecified atom stereocenters. The van der Waals surface area contributed by atoms with Gasteiger partial charge >= 0.3 is 0 Å². The van der Waals surface area contributed by atoms with Crippen LogP contribution in [0.2, 0.25) is 0 Å². The van der Waals surface area contributed by atoms with Gasteiger partial charge in [-0.15, -0.1) is 0 Å². The maximum atomic E-state index is 13.0. The van der Waals surface area contributed by atoms with Crippen LogP contribution in [0.1, 0.15) is 29.2 Å². The van der Waals surface area contributed by atoms with Crippen LogP contribution in [0.3, 0.4) is 0 Å². The van der Waals surface area contributed by atoms with E-state index in [-0.39, 0.29) is 10.8 Å². The minimum Gasteiger partial charge on any atom is -0.497 e. The third-order valence-corrected chi connectivity index (χ3v) is 6.81. The summed E-state index contributed by atoms with van der Waals surface area (Å²) in [5, 5.41) is 0. The highest BCUT2D eigenvalue weighted by molar-refractivity contribution is 7.92. The molecule has 1 saturated heterocycles. The van der Waals surface area contributed by atoms with Crippen LogP contribution in [0.4, 0.5) is 5.69 Å². The number of rotatable bonds is 6. The van der Waals surface area contributed by atoms with Crippen molar-refractivity contribution in [3.8, 4) is 5.75 Å². The smallest absolute Gasteiger partial charge is 0.261 e. The summed E-state index contributed by atoms with van der Waals surface area (Å²) in [5.74, 6) is 0.470. The molecule has 3 aromatic rings. The molecule has 8 nitrogen and oxygen atoms in total. The Morgan fingerprint density at radius 1 is 1.13 bits per heavy atom. The number of hydrogen-bond acceptors (Lipinski definition) is 5. The highest BCUT2D eigenvalue weighted by atomic mass is 32.2. The van der Waals surface area contributed by atoms with Crippen molar-refractivity contribution < 1.29 is 17.9 Å². The number of benzene rings is 2. The molecule has 31 heavy (non-hydrogen) atoms. The summed E-state index contributed by atoms with van der Waals surface area (Å²) in [6.45, 7) is 1.23. The second-order valence-electron chi connectivity index (χ2n) is 7.40. The number of ether oxygens (including phenoxy) is 1. The minimum atomic E-state index is -3.83. The fourth-order valence-electron chi connectivity index (χ4n) is 3.70. The minimum absolute atomic E-state index is 0.0440. The van der Waals surface area contributed by atoms with Crippen molar-refractivity contribution in [2.75, 3.05) is 24.9 Å². The van der Waals surface area contributed by atoms with Gasteiger partial charge in [0.1, 0.15) is 5.75 Å². The van der Waals surface area contributed by atoms with Crippen molar-refractivity contribution in [3.05, 3.63) is 72.8 Å². The maximum Gasteiger partial charge on any atom is 0.261 e. The van der Waals surface area contributed by atoms with Crippen LogP contribution in [0.5, 0.6) is 5.75 Å². The van der Waals surface area contributed by atoms with Gasteiger partial charge in [0, 0.05) is 42.8 Å². The zero-order valence-corrected chi connectivity index (χ0v) is 18.0. The molecule has 1 aromatic heterocycles. The largest absolute Gasteiger partial charge is 0.497 e. The number of aromatic nitrogens is 2. The fraction of sp³-hybridized carbons (Fsp3) is 0.273. The molecule has 2 heterocycles. The lowest BCUT2D eigenvalue weighted by Gasteiger charge is -2.32. The van der Waals surface area contributed by atoms with E-state index < -0.39 is 10.0 Å². The third kappa shape index (κ3) is 4.72. The van der Waals surface area contributed by atoms with Gasteiger partial charge in [-0.1, -0.05) is 6.07 Å². The topological polar surface area (TPSA) is 93.5 Å². The summed E-state index contributed by atoms with van der Waals surface area (Å²) < 4.78 is 35.3. The quantitative estimate of drug-likeness (QED) is 0.635. The number of amides is 1. The summed E-state index contributed by atoms with van der Waals surface area (Å²) in [6, 6.07) is 13.1. The number of hydrogen-bond donors (Lipinski definition) is 1. The number of nitrogens with zero attached hydrogens (tertiary/aromatic N) is 3. The molecule has 0 aliphatic carbocycles. The number of piperidine rings is 1. The summed E-state index contributed by atoms with van der Waals surface area (Å²) in [5.41, 5.74) is 0.776. The van der Waals surface area contributed by atoms with Crippen molar-refractivity contribution >= 4 is 21.6 Å². The molecular formula is C22H24N4O4S. The molecular weight excluding hydrogens is 416 g/mol. The lowest BCUT2D eigenvalue weighted by Crippen LogP contribution is -2.39. The van der Waals surface area contributed by atoms with E-state index >= 15 is 0 Å². The Labute approximate surface area is 181 Å². The van der Waals surface area contributed by atoms with Crippen LogP contribution in [0.25, 0.3) is 0 Å². The first kappa shape index (κ1) is 20.9. The second kappa shape index (κ2) is 8.81. The van der Waals surface area contributed by atoms with E-state index in [1.165, 1.54) is 12.1 Å². The van der Waals surface area contributed by atoms with Crippen molar-refractivity contribution in [2.24, 2.45) is 0 Å². The predicted octanol–water partition coefficient (Wildman–Crippen LogP) is 3.17. The normalized spacial score (nSPS) is 14.9. The van der Waals surface area contributed by atoms with Gasteiger partial charge < -0.3 is 14.2 Å². The predicted molar refractivity (Wildman–Crippen MR) is 117 cm³/mol. The molecule has 1 aliphatic heterocycles. The summed E-state index contributed by atoms with van der Waals surface area (Å²) >= 11 is 0. The number of likely N-dealkylation sites (tertiary alicyclic amines) is 1. The molecule has 0 bridgehead atoms. The summed E-state index contributed by atoms with van der Waals surface area (Å²) in [4.78, 5) is 18.9. The summed E-state index contributed by atoms with van der Waals surface area (Å²) in [6.07, 6.45) is 7.15. The Bertz CT molecular complexity index is 1140. The Hall–Kier alpha value is -3.33. The zero-order chi connectivity index (χ0) is 21.8. The highest BCUT2D eigenvalue weighted by Crippen LogP contribution is 2.24. The maximum absolute atomic E-state index is 13.0. The van der Waals surface area contributed by atoms with Crippen LogP contribution < -0.4 is 9.46 Å². The monoisotopic (exact) mass is 440 g/mol. The molecule has 1 fully saturated rings. The fourth-order valence-corrected chi connectivity index (χ4v) is 4.81. The third-order valence-electron chi connectivity index (χ3n) is 5.43. The molecule has 9 heteroatoms. The molecule has 1 aliphatic rings. The Morgan fingerprint density at radius 2 is 1.87 bits per heavy atom. The molecule has 4 rings (SSSR count). The van der Waals surface area contributed by atoms with Gasteiger partial charge in [-0.05, 0) is 55.3 Å². The first-order chi connectivity index (χ1) is 15.0. The standard InChI is InChI=1S/C22H24N4O4S/c1-30-20-7-5-18(6-8-20)24-31(28,29)21-4-2-3-17(15-21)22(27)25-12-9-19(10-13-25)26-14-11-23-16-26/h2-8,11,14-16,19,24H,9-10,12-13H2,1H3. The Kier molecular flexibility index (Phi) is 5.94. The molecule has 162 valence electrons. The number of sulfonamides is 1. The van der Waals surface area contributed by atoms with Gasteiger partial charge in [0.25, 0.3) is 15.9 Å². The van der Waals surface area contributed by atoms with Crippen molar-refractivity contribution in [1.29, 1.82) is 0 Å². The van der Waals surface area contributed by atoms with Gasteiger partial charge in [0.2, 0.25) is 0 Å². The van der Waals surface area contributed by atoms with E-state index in [1.807, 2.05) is 6.20 Å². The van der Waals surface area contributed by atoms with E-state index in [9.17, 15) is 13.2 Å². The van der Waals surface area contributed by atoms with Crippen LogP contribution in [-0.2, 0) is 10.0 Å². The number of carbonyl (C=O) groups excluding carboxylic acids is 1. The van der Waals surface area contributed by atoms with Crippen LogP contribution in [-0.4, -0.2) is 49.0 Å². The number of nitrogens with one attached hydrogen (secondary N) is 1. The number of imidazole rings is 1. The second-order valence-corrected chi connectivity index (χ2v) is 9.08. The van der Waals surface area contributed by atoms with E-state index in [4.69, 9.17) is 4.74 Å². The molecule has 0 atom stereocenters. The summed E-state index contributed by atoms with van der Waals surface area (Å²) in [7, 11) is -2.29. The van der Waals surface area contributed by atoms with Gasteiger partial charge in [-0.25, -0.2) is 13.4 Å². The molecule has 2 aromatic carbocycles. The van der Waals surface area contributed by atoms with Crippen molar-refractivity contribution in [2.45, 2.75) is 23.8 Å². The Morgan fingerprint density at radius 3 is 2.52 bits per heavy atom. The van der Waals surface area contributed by atoms with Gasteiger partial charge in [0.05, 0.1) is 18.3 Å². The highest BCUT2D eigenvalue weighted by Gasteiger charge is 2.25. The first-order valence-corrected chi connectivity index (χ1v) is 11.5. The van der Waals surface area contributed by atoms with E-state index in [2.05, 4.69) is 14.3 Å². The number of methoxy groups -OCH3 is 1. The molecule has 0 saturated carbocycles. The molecule has 0 spiro atoms. The molecule has 0 radical (unpaired) electrons. The number of anilines is 1. The van der Waals surface area contributed by atoms with E-state index in [0.29, 0.717) is 36.1 Å². The van der Waals surface area contributed by atoms with E-state index in [0.717, 1.165) is 12.8 Å². The average molecular weight is 441 g/mol. The lowest BCUT2D eigenvalue weighted by atomic mass is 10.0. The first-order valence-electron chi connectivity index (χ1n) is 10.00. The average Bonchev–Trinajstić information content (AvgIpc) is 3.34. The number of carbonyl (C=O) groups is 1. The Balaban J connectivity index is 1.45. The zero-order valence-electron chi connectivity index (χ0n) is 17.1. The van der Waals surface area contributed by atoms with Crippen LogP contribution >= 0.6 is 0 Å². The SMILES string of the molecule is COc1ccc(NS(=O)(=O)c2cccc(C(=O)N3CCC(n4ccnc4)CC3)c2)cc1. The van der Waals surface area contributed by atoms with Crippen LogP contribution in [0, 0.1) is 0 Å². The van der Waals surface area contributed by atoms with Crippen LogP contribution in [0.15, 0.2) is 72.1 Å². The lowest BCUT2D eigenvalue weighted by molar-refractivity contribution is 0.0694. The van der Waals surface area contributed by atoms with E-state index in [1.54, 1.807) is 60.9 Å². The van der Waals surface area contributed by atoms with Crippen molar-refractivity contribution in [1.82, 2.24) is 14.5 Å². The van der Waals surface area contributed by atoms with Crippen molar-refractivity contribution in [3.63, 3.8) is 0 Å². The van der Waals surface area contributed by atoms with Gasteiger partial charge in [-0.2, -0.15) is 0 Å². The van der Waals surface area contributed by atoms with Gasteiger partial charge in [0.15, 0.2) is 0 Å². The molecule has 1 amide bonds.